The second kappa shape index (κ2) is 6.44. The Bertz CT molecular complexity index is 551. The smallest absolute Gasteiger partial charge is 0.325 e. The number of carbonyl (C=O) groups excluding carboxylic acids is 2. The van der Waals surface area contributed by atoms with Crippen LogP contribution in [0.1, 0.15) is 17.5 Å². The quantitative estimate of drug-likeness (QED) is 0.838. The van der Waals surface area contributed by atoms with Crippen molar-refractivity contribution in [2.45, 2.75) is 19.0 Å². The number of urea groups is 1. The molecule has 0 bridgehead atoms. The van der Waals surface area contributed by atoms with Crippen molar-refractivity contribution in [2.75, 3.05) is 12.0 Å². The first-order valence-electron chi connectivity index (χ1n) is 6.25. The standard InChI is InChI=1S/C14H15N3O2S/c1-20-7-6-12-13(18)17(14(19)16-12)9-11-4-2-10(8-15)3-5-11/h2-5,12H,6-7,9H2,1H3,(H,16,19)/t12-/m1/s1. The summed E-state index contributed by atoms with van der Waals surface area (Å²) in [5.74, 6) is 0.662. The summed E-state index contributed by atoms with van der Waals surface area (Å²) in [5, 5.41) is 11.4. The average molecular weight is 289 g/mol. The minimum Gasteiger partial charge on any atom is -0.326 e. The van der Waals surface area contributed by atoms with Gasteiger partial charge in [0, 0.05) is 0 Å². The number of carbonyl (C=O) groups is 2. The Morgan fingerprint density at radius 3 is 2.65 bits per heavy atom. The fourth-order valence-corrected chi connectivity index (χ4v) is 2.50. The van der Waals surface area contributed by atoms with E-state index >= 15 is 0 Å². The van der Waals surface area contributed by atoms with Gasteiger partial charge in [0.05, 0.1) is 18.2 Å². The molecular weight excluding hydrogens is 274 g/mol. The molecule has 1 saturated heterocycles. The normalized spacial score (nSPS) is 18.0. The Morgan fingerprint density at radius 1 is 1.35 bits per heavy atom. The van der Waals surface area contributed by atoms with Crippen LogP contribution >= 0.6 is 11.8 Å². The lowest BCUT2D eigenvalue weighted by Crippen LogP contribution is -2.31. The van der Waals surface area contributed by atoms with E-state index in [9.17, 15) is 9.59 Å². The SMILES string of the molecule is CSCC[C@H]1NC(=O)N(Cc2ccc(C#N)cc2)C1=O. The topological polar surface area (TPSA) is 73.2 Å². The van der Waals surface area contributed by atoms with Gasteiger partial charge in [-0.2, -0.15) is 17.0 Å². The Balaban J connectivity index is 2.03. The van der Waals surface area contributed by atoms with E-state index in [1.165, 1.54) is 4.90 Å². The monoisotopic (exact) mass is 289 g/mol. The molecule has 0 aliphatic carbocycles. The molecular formula is C14H15N3O2S. The third-order valence-electron chi connectivity index (χ3n) is 3.14. The van der Waals surface area contributed by atoms with Gasteiger partial charge in [0.1, 0.15) is 6.04 Å². The molecule has 1 fully saturated rings. The maximum absolute atomic E-state index is 12.1. The zero-order valence-corrected chi connectivity index (χ0v) is 11.9. The molecule has 104 valence electrons. The number of nitrogens with one attached hydrogen (secondary N) is 1. The summed E-state index contributed by atoms with van der Waals surface area (Å²) < 4.78 is 0. The van der Waals surface area contributed by atoms with E-state index in [1.807, 2.05) is 12.3 Å². The molecule has 0 aromatic heterocycles. The number of amides is 3. The largest absolute Gasteiger partial charge is 0.326 e. The molecule has 1 atom stereocenters. The van der Waals surface area contributed by atoms with Crippen molar-refractivity contribution in [3.05, 3.63) is 35.4 Å². The van der Waals surface area contributed by atoms with E-state index in [4.69, 9.17) is 5.26 Å². The van der Waals surface area contributed by atoms with E-state index in [0.29, 0.717) is 12.0 Å². The predicted octanol–water partition coefficient (Wildman–Crippen LogP) is 1.73. The van der Waals surface area contributed by atoms with Crippen molar-refractivity contribution < 1.29 is 9.59 Å². The Labute approximate surface area is 121 Å². The molecule has 0 spiro atoms. The molecule has 1 aromatic carbocycles. The van der Waals surface area contributed by atoms with Crippen LogP contribution in [0.4, 0.5) is 4.79 Å². The number of nitriles is 1. The van der Waals surface area contributed by atoms with E-state index < -0.39 is 6.04 Å². The van der Waals surface area contributed by atoms with E-state index in [1.54, 1.807) is 36.0 Å². The summed E-state index contributed by atoms with van der Waals surface area (Å²) in [7, 11) is 0. The lowest BCUT2D eigenvalue weighted by Gasteiger charge is -2.13. The summed E-state index contributed by atoms with van der Waals surface area (Å²) in [4.78, 5) is 25.2. The maximum Gasteiger partial charge on any atom is 0.325 e. The van der Waals surface area contributed by atoms with Crippen LogP contribution in [0.5, 0.6) is 0 Å². The first-order valence-corrected chi connectivity index (χ1v) is 7.65. The van der Waals surface area contributed by atoms with Gasteiger partial charge in [-0.15, -0.1) is 0 Å². The van der Waals surface area contributed by atoms with Gasteiger partial charge in [0.2, 0.25) is 0 Å². The number of hydrogen-bond donors (Lipinski definition) is 1. The van der Waals surface area contributed by atoms with Crippen LogP contribution in [0, 0.1) is 11.3 Å². The molecule has 0 unspecified atom stereocenters. The van der Waals surface area contributed by atoms with Gasteiger partial charge in [-0.05, 0) is 36.1 Å². The van der Waals surface area contributed by atoms with Crippen LogP contribution in [-0.4, -0.2) is 34.9 Å². The molecule has 1 N–H and O–H groups in total. The molecule has 6 heteroatoms. The highest BCUT2D eigenvalue weighted by atomic mass is 32.2. The fourth-order valence-electron chi connectivity index (χ4n) is 2.03. The Kier molecular flexibility index (Phi) is 4.64. The third-order valence-corrected chi connectivity index (χ3v) is 3.79. The Morgan fingerprint density at radius 2 is 2.05 bits per heavy atom. The molecule has 2 rings (SSSR count). The van der Waals surface area contributed by atoms with Gasteiger partial charge in [0.15, 0.2) is 0 Å². The maximum atomic E-state index is 12.1. The van der Waals surface area contributed by atoms with Crippen LogP contribution in [0.15, 0.2) is 24.3 Å². The molecule has 20 heavy (non-hydrogen) atoms. The lowest BCUT2D eigenvalue weighted by molar-refractivity contribution is -0.127. The zero-order chi connectivity index (χ0) is 14.5. The van der Waals surface area contributed by atoms with Crippen molar-refractivity contribution in [1.29, 1.82) is 5.26 Å². The first-order chi connectivity index (χ1) is 9.65. The first kappa shape index (κ1) is 14.4. The molecule has 1 aliphatic rings. The van der Waals surface area contributed by atoms with Gasteiger partial charge in [0.25, 0.3) is 5.91 Å². The zero-order valence-electron chi connectivity index (χ0n) is 11.1. The number of nitrogens with zero attached hydrogens (tertiary/aromatic N) is 2. The Hall–Kier alpha value is -2.00. The molecule has 3 amide bonds. The van der Waals surface area contributed by atoms with Crippen molar-refractivity contribution in [3.8, 4) is 6.07 Å². The van der Waals surface area contributed by atoms with Crippen molar-refractivity contribution >= 4 is 23.7 Å². The highest BCUT2D eigenvalue weighted by Crippen LogP contribution is 2.15. The number of benzene rings is 1. The lowest BCUT2D eigenvalue weighted by atomic mass is 10.1. The summed E-state index contributed by atoms with van der Waals surface area (Å²) >= 11 is 1.65. The van der Waals surface area contributed by atoms with Crippen LogP contribution in [0.25, 0.3) is 0 Å². The summed E-state index contributed by atoms with van der Waals surface area (Å²) in [6.45, 7) is 0.242. The van der Waals surface area contributed by atoms with Crippen LogP contribution in [-0.2, 0) is 11.3 Å². The van der Waals surface area contributed by atoms with E-state index in [0.717, 1.165) is 11.3 Å². The van der Waals surface area contributed by atoms with Gasteiger partial charge in [-0.25, -0.2) is 4.79 Å². The third kappa shape index (κ3) is 3.11. The summed E-state index contributed by atoms with van der Waals surface area (Å²) in [6, 6.07) is 8.16. The second-order valence-corrected chi connectivity index (χ2v) is 5.50. The van der Waals surface area contributed by atoms with Gasteiger partial charge in [-0.3, -0.25) is 9.69 Å². The van der Waals surface area contributed by atoms with Gasteiger partial charge in [-0.1, -0.05) is 12.1 Å². The fraction of sp³-hybridized carbons (Fsp3) is 0.357. The highest BCUT2D eigenvalue weighted by molar-refractivity contribution is 7.98. The van der Waals surface area contributed by atoms with Crippen LogP contribution in [0.3, 0.4) is 0 Å². The average Bonchev–Trinajstić information content (AvgIpc) is 2.73. The number of imide groups is 1. The minimum atomic E-state index is -0.409. The number of hydrogen-bond acceptors (Lipinski definition) is 4. The molecule has 1 aromatic rings. The van der Waals surface area contributed by atoms with Crippen LogP contribution < -0.4 is 5.32 Å². The molecule has 0 radical (unpaired) electrons. The minimum absolute atomic E-state index is 0.173. The summed E-state index contributed by atoms with van der Waals surface area (Å²) in [6.07, 6.45) is 2.62. The predicted molar refractivity (Wildman–Crippen MR) is 77.0 cm³/mol. The van der Waals surface area contributed by atoms with E-state index in [-0.39, 0.29) is 18.5 Å². The van der Waals surface area contributed by atoms with Crippen LogP contribution in [0.2, 0.25) is 0 Å². The summed E-state index contributed by atoms with van der Waals surface area (Å²) in [5.41, 5.74) is 1.39. The molecule has 0 saturated carbocycles. The van der Waals surface area contributed by atoms with Crippen molar-refractivity contribution in [1.82, 2.24) is 10.2 Å². The highest BCUT2D eigenvalue weighted by Gasteiger charge is 2.37. The molecule has 1 aliphatic heterocycles. The van der Waals surface area contributed by atoms with Gasteiger partial charge >= 0.3 is 6.03 Å². The number of thioether (sulfide) groups is 1. The van der Waals surface area contributed by atoms with E-state index in [2.05, 4.69) is 5.32 Å². The van der Waals surface area contributed by atoms with Crippen molar-refractivity contribution in [2.24, 2.45) is 0 Å². The second-order valence-electron chi connectivity index (χ2n) is 4.52. The number of rotatable bonds is 5. The van der Waals surface area contributed by atoms with Gasteiger partial charge < -0.3 is 5.32 Å². The van der Waals surface area contributed by atoms with Crippen molar-refractivity contribution in [3.63, 3.8) is 0 Å². The molecule has 1 heterocycles. The molecule has 5 nitrogen and oxygen atoms in total.